The zero-order chi connectivity index (χ0) is 14.3. The van der Waals surface area contributed by atoms with Gasteiger partial charge in [-0.3, -0.25) is 0 Å². The van der Waals surface area contributed by atoms with Gasteiger partial charge in [0.15, 0.2) is 0 Å². The Morgan fingerprint density at radius 2 is 2.00 bits per heavy atom. The maximum absolute atomic E-state index is 11.7. The Balaban J connectivity index is 2.54. The van der Waals surface area contributed by atoms with E-state index in [1.54, 1.807) is 12.1 Å². The SMILES string of the molecule is C#CCN(CC)C(=O)NCc1ccc(C(=O)O)cc1. The molecule has 100 valence electrons. The first-order chi connectivity index (χ1) is 9.08. The molecule has 0 spiro atoms. The van der Waals surface area contributed by atoms with Crippen LogP contribution in [0.4, 0.5) is 4.79 Å². The maximum Gasteiger partial charge on any atom is 0.335 e. The molecule has 0 radical (unpaired) electrons. The van der Waals surface area contributed by atoms with Crippen molar-refractivity contribution in [3.05, 3.63) is 35.4 Å². The van der Waals surface area contributed by atoms with E-state index in [0.717, 1.165) is 5.56 Å². The van der Waals surface area contributed by atoms with E-state index in [1.165, 1.54) is 17.0 Å². The van der Waals surface area contributed by atoms with Crippen LogP contribution < -0.4 is 5.32 Å². The van der Waals surface area contributed by atoms with Gasteiger partial charge in [0.05, 0.1) is 12.1 Å². The lowest BCUT2D eigenvalue weighted by Gasteiger charge is -2.18. The molecule has 1 aromatic rings. The number of carbonyl (C=O) groups is 2. The van der Waals surface area contributed by atoms with Crippen molar-refractivity contribution in [2.75, 3.05) is 13.1 Å². The minimum absolute atomic E-state index is 0.220. The van der Waals surface area contributed by atoms with Crippen LogP contribution in [-0.4, -0.2) is 35.1 Å². The number of urea groups is 1. The molecule has 0 saturated heterocycles. The molecule has 0 heterocycles. The first kappa shape index (κ1) is 14.6. The molecular formula is C14H16N2O3. The summed E-state index contributed by atoms with van der Waals surface area (Å²) in [7, 11) is 0. The summed E-state index contributed by atoms with van der Waals surface area (Å²) in [6.07, 6.45) is 5.17. The highest BCUT2D eigenvalue weighted by molar-refractivity contribution is 5.87. The number of carboxylic acid groups (broad SMARTS) is 1. The van der Waals surface area contributed by atoms with Gasteiger partial charge in [-0.15, -0.1) is 6.42 Å². The van der Waals surface area contributed by atoms with Crippen LogP contribution in [0.15, 0.2) is 24.3 Å². The molecule has 1 rings (SSSR count). The summed E-state index contributed by atoms with van der Waals surface area (Å²) >= 11 is 0. The van der Waals surface area contributed by atoms with Gasteiger partial charge >= 0.3 is 12.0 Å². The average molecular weight is 260 g/mol. The molecule has 0 unspecified atom stereocenters. The van der Waals surface area contributed by atoms with Crippen LogP contribution in [0.2, 0.25) is 0 Å². The molecule has 5 heteroatoms. The van der Waals surface area contributed by atoms with E-state index in [1.807, 2.05) is 6.92 Å². The normalized spacial score (nSPS) is 9.47. The number of amides is 2. The van der Waals surface area contributed by atoms with Crippen LogP contribution in [0.5, 0.6) is 0 Å². The zero-order valence-electron chi connectivity index (χ0n) is 10.7. The second-order valence-corrected chi connectivity index (χ2v) is 3.88. The molecular weight excluding hydrogens is 244 g/mol. The number of nitrogens with one attached hydrogen (secondary N) is 1. The van der Waals surface area contributed by atoms with E-state index in [9.17, 15) is 9.59 Å². The summed E-state index contributed by atoms with van der Waals surface area (Å²) in [5, 5.41) is 11.5. The van der Waals surface area contributed by atoms with Crippen LogP contribution in [0.25, 0.3) is 0 Å². The Kier molecular flexibility index (Phi) is 5.42. The smallest absolute Gasteiger partial charge is 0.335 e. The predicted molar refractivity (Wildman–Crippen MR) is 71.7 cm³/mol. The monoisotopic (exact) mass is 260 g/mol. The number of hydrogen-bond acceptors (Lipinski definition) is 2. The average Bonchev–Trinajstić information content (AvgIpc) is 2.42. The molecule has 19 heavy (non-hydrogen) atoms. The minimum atomic E-state index is -0.971. The van der Waals surface area contributed by atoms with Crippen molar-refractivity contribution in [3.63, 3.8) is 0 Å². The Morgan fingerprint density at radius 3 is 2.47 bits per heavy atom. The molecule has 2 amide bonds. The standard InChI is InChI=1S/C14H16N2O3/c1-3-9-16(4-2)14(19)15-10-11-5-7-12(8-6-11)13(17)18/h1,5-8H,4,9-10H2,2H3,(H,15,19)(H,17,18). The van der Waals surface area contributed by atoms with E-state index in [4.69, 9.17) is 11.5 Å². The van der Waals surface area contributed by atoms with Crippen LogP contribution in [-0.2, 0) is 6.54 Å². The highest BCUT2D eigenvalue weighted by Crippen LogP contribution is 2.04. The van der Waals surface area contributed by atoms with Gasteiger partial charge in [-0.25, -0.2) is 9.59 Å². The Morgan fingerprint density at radius 1 is 1.37 bits per heavy atom. The first-order valence-corrected chi connectivity index (χ1v) is 5.87. The number of terminal acetylenes is 1. The molecule has 2 N–H and O–H groups in total. The lowest BCUT2D eigenvalue weighted by Crippen LogP contribution is -2.39. The third-order valence-electron chi connectivity index (χ3n) is 2.60. The number of aromatic carboxylic acids is 1. The molecule has 0 aliphatic rings. The summed E-state index contributed by atoms with van der Waals surface area (Å²) in [5.41, 5.74) is 1.05. The Hall–Kier alpha value is -2.48. The summed E-state index contributed by atoms with van der Waals surface area (Å²) in [6, 6.07) is 6.11. The van der Waals surface area contributed by atoms with Gasteiger partial charge in [-0.2, -0.15) is 0 Å². The zero-order valence-corrected chi connectivity index (χ0v) is 10.7. The topological polar surface area (TPSA) is 69.6 Å². The molecule has 1 aromatic carbocycles. The van der Waals surface area contributed by atoms with Gasteiger partial charge in [0.25, 0.3) is 0 Å². The first-order valence-electron chi connectivity index (χ1n) is 5.87. The molecule has 0 aromatic heterocycles. The predicted octanol–water partition coefficient (Wildman–Crippen LogP) is 1.55. The van der Waals surface area contributed by atoms with Crippen molar-refractivity contribution in [1.29, 1.82) is 0 Å². The van der Waals surface area contributed by atoms with Gasteiger partial charge in [0, 0.05) is 13.1 Å². The van der Waals surface area contributed by atoms with E-state index in [2.05, 4.69) is 11.2 Å². The van der Waals surface area contributed by atoms with Gasteiger partial charge in [0.1, 0.15) is 0 Å². The van der Waals surface area contributed by atoms with E-state index < -0.39 is 5.97 Å². The molecule has 0 aliphatic carbocycles. The quantitative estimate of drug-likeness (QED) is 0.789. The van der Waals surface area contributed by atoms with Crippen molar-refractivity contribution in [2.45, 2.75) is 13.5 Å². The highest BCUT2D eigenvalue weighted by Gasteiger charge is 2.09. The third-order valence-corrected chi connectivity index (χ3v) is 2.60. The molecule has 0 atom stereocenters. The lowest BCUT2D eigenvalue weighted by atomic mass is 10.1. The second kappa shape index (κ2) is 7.07. The number of benzene rings is 1. The fourth-order valence-corrected chi connectivity index (χ4v) is 1.49. The number of carbonyl (C=O) groups excluding carboxylic acids is 1. The summed E-state index contributed by atoms with van der Waals surface area (Å²) < 4.78 is 0. The van der Waals surface area contributed by atoms with Crippen molar-refractivity contribution < 1.29 is 14.7 Å². The number of hydrogen-bond donors (Lipinski definition) is 2. The van der Waals surface area contributed by atoms with E-state index in [-0.39, 0.29) is 18.1 Å². The third kappa shape index (κ3) is 4.36. The van der Waals surface area contributed by atoms with Crippen LogP contribution in [0.1, 0.15) is 22.8 Å². The molecule has 0 aliphatic heterocycles. The fraction of sp³-hybridized carbons (Fsp3) is 0.286. The number of nitrogens with zero attached hydrogens (tertiary/aromatic N) is 1. The molecule has 0 saturated carbocycles. The van der Waals surface area contributed by atoms with Gasteiger partial charge in [0.2, 0.25) is 0 Å². The summed E-state index contributed by atoms with van der Waals surface area (Å²) in [5.74, 6) is 1.45. The molecule has 5 nitrogen and oxygen atoms in total. The lowest BCUT2D eigenvalue weighted by molar-refractivity contribution is 0.0697. The van der Waals surface area contributed by atoms with Crippen molar-refractivity contribution in [3.8, 4) is 12.3 Å². The van der Waals surface area contributed by atoms with Gasteiger partial charge in [-0.1, -0.05) is 18.1 Å². The second-order valence-electron chi connectivity index (χ2n) is 3.88. The maximum atomic E-state index is 11.7. The van der Waals surface area contributed by atoms with Crippen LogP contribution in [0, 0.1) is 12.3 Å². The van der Waals surface area contributed by atoms with Crippen LogP contribution in [0.3, 0.4) is 0 Å². The van der Waals surface area contributed by atoms with Crippen molar-refractivity contribution >= 4 is 12.0 Å². The van der Waals surface area contributed by atoms with E-state index >= 15 is 0 Å². The van der Waals surface area contributed by atoms with Crippen molar-refractivity contribution in [2.24, 2.45) is 0 Å². The molecule has 0 bridgehead atoms. The largest absolute Gasteiger partial charge is 0.478 e. The fourth-order valence-electron chi connectivity index (χ4n) is 1.49. The highest BCUT2D eigenvalue weighted by atomic mass is 16.4. The van der Waals surface area contributed by atoms with E-state index in [0.29, 0.717) is 13.1 Å². The summed E-state index contributed by atoms with van der Waals surface area (Å²) in [4.78, 5) is 23.9. The van der Waals surface area contributed by atoms with Gasteiger partial charge in [-0.05, 0) is 24.6 Å². The number of rotatable bonds is 5. The Labute approximate surface area is 112 Å². The summed E-state index contributed by atoms with van der Waals surface area (Å²) in [6.45, 7) is 2.98. The van der Waals surface area contributed by atoms with Crippen LogP contribution >= 0.6 is 0 Å². The number of carboxylic acids is 1. The Bertz CT molecular complexity index is 488. The van der Waals surface area contributed by atoms with Gasteiger partial charge < -0.3 is 15.3 Å². The minimum Gasteiger partial charge on any atom is -0.478 e. The van der Waals surface area contributed by atoms with Crippen molar-refractivity contribution in [1.82, 2.24) is 10.2 Å². The molecule has 0 fully saturated rings.